The second-order valence-electron chi connectivity index (χ2n) is 28.3. The van der Waals surface area contributed by atoms with Crippen LogP contribution < -0.4 is 26.2 Å². The van der Waals surface area contributed by atoms with Crippen LogP contribution in [0.2, 0.25) is 0 Å². The Labute approximate surface area is 608 Å². The Morgan fingerprint density at radius 1 is 0.384 bits per heavy atom. The molecule has 4 heterocycles. The summed E-state index contributed by atoms with van der Waals surface area (Å²) in [6, 6.07) is 38.1. The lowest BCUT2D eigenvalue weighted by Crippen LogP contribution is -2.62. The minimum absolute atomic E-state index is 0.155. The largest absolute Gasteiger partial charge is 0.311 e. The van der Waals surface area contributed by atoms with Gasteiger partial charge in [-0.05, 0) is 156 Å². The first kappa shape index (κ1) is 42.6. The average Bonchev–Trinajstić information content (AvgIpc) is 1.29. The molecule has 0 bridgehead atoms. The highest BCUT2D eigenvalue weighted by atomic mass is 15.2. The lowest BCUT2D eigenvalue weighted by atomic mass is 9.32. The fourth-order valence-electron chi connectivity index (χ4n) is 14.4. The molecule has 0 amide bonds. The van der Waals surface area contributed by atoms with Gasteiger partial charge in [-0.25, -0.2) is 4.85 Å². The molecule has 2 aliphatic heterocycles. The van der Waals surface area contributed by atoms with Crippen LogP contribution in [-0.4, -0.2) is 15.8 Å². The average molecular weight is 1290 g/mol. The van der Waals surface area contributed by atoms with Gasteiger partial charge in [0.1, 0.15) is 0 Å². The summed E-state index contributed by atoms with van der Waals surface area (Å²) in [6.07, 6.45) is 0. The third-order valence-corrected chi connectivity index (χ3v) is 19.3. The van der Waals surface area contributed by atoms with E-state index in [1.165, 1.54) is 0 Å². The number of hydrogen-bond acceptors (Lipinski definition) is 3. The van der Waals surface area contributed by atoms with Gasteiger partial charge in [0.25, 0.3) is 0 Å². The molecule has 17 rings (SSSR count). The SMILES string of the molecule is [2H]c1c(C#N)c2c(c([2H])c1-n1c3c([2H])c([2H])c([2H])c([2H])c3c3c([2H])c([2H])c([2H])c([2H])c31)N(c1c(-c3ccccc3)cc(C(C)(C)C)cc1-c1ccccc1)c1cc(C(C)(C)C)cc3c1B2c1c([N+]#[C-])c([2H])c(-n2c4c([2H])c([2H])c([2H])c([2H])c4c4c([2H])c([2H])c([2H])c([2H])c42)c([2H])c1N3c1c(-c2ccccc2)cc(C(C)(C)C)cc1-c1ccccc1. The summed E-state index contributed by atoms with van der Waals surface area (Å²) in [6.45, 7) is 26.8. The smallest absolute Gasteiger partial charge is 0.243 e. The maximum atomic E-state index is 12.9. The quantitative estimate of drug-likeness (QED) is 0.112. The molecular weight excluding hydrogens is 1200 g/mol. The molecule has 13 aromatic carbocycles. The van der Waals surface area contributed by atoms with E-state index in [4.69, 9.17) is 5.48 Å². The van der Waals surface area contributed by atoms with Crippen LogP contribution in [0.4, 0.5) is 39.8 Å². The fourth-order valence-corrected chi connectivity index (χ4v) is 14.4. The van der Waals surface area contributed by atoms with Crippen molar-refractivity contribution in [2.75, 3.05) is 9.80 Å². The Morgan fingerprint density at radius 2 is 0.697 bits per heavy atom. The molecule has 0 spiro atoms. The topological polar surface area (TPSA) is 44.5 Å². The second-order valence-corrected chi connectivity index (χ2v) is 28.3. The number of nitrogens with zero attached hydrogens (tertiary/aromatic N) is 6. The van der Waals surface area contributed by atoms with Crippen LogP contribution in [0.25, 0.3) is 104 Å². The lowest BCUT2D eigenvalue weighted by molar-refractivity contribution is 0.590. The summed E-state index contributed by atoms with van der Waals surface area (Å²) in [4.78, 5) is 8.15. The van der Waals surface area contributed by atoms with E-state index in [1.54, 1.807) is 0 Å². The van der Waals surface area contributed by atoms with Crippen LogP contribution in [0.3, 0.4) is 0 Å². The second kappa shape index (κ2) is 22.9. The number of para-hydroxylation sites is 4. The van der Waals surface area contributed by atoms with Gasteiger partial charge in [0, 0.05) is 77.9 Å². The molecule has 474 valence electrons. The van der Waals surface area contributed by atoms with Crippen molar-refractivity contribution in [1.29, 1.82) is 5.26 Å². The van der Waals surface area contributed by atoms with Gasteiger partial charge < -0.3 is 18.9 Å². The van der Waals surface area contributed by atoms with Gasteiger partial charge in [-0.2, -0.15) is 5.26 Å². The van der Waals surface area contributed by atoms with Crippen molar-refractivity contribution in [3.63, 3.8) is 0 Å². The van der Waals surface area contributed by atoms with Crippen molar-refractivity contribution in [2.45, 2.75) is 78.6 Å². The molecule has 0 unspecified atom stereocenters. The zero-order valence-electron chi connectivity index (χ0n) is 75.8. The van der Waals surface area contributed by atoms with Crippen LogP contribution in [0.5, 0.6) is 0 Å². The third-order valence-electron chi connectivity index (χ3n) is 19.3. The van der Waals surface area contributed by atoms with Crippen LogP contribution in [-0.2, 0) is 16.2 Å². The number of rotatable bonds is 8. The first-order valence-electron chi connectivity index (χ1n) is 42.8. The molecular formula is C92H73BN6. The van der Waals surface area contributed by atoms with Crippen molar-refractivity contribution in [2.24, 2.45) is 0 Å². The van der Waals surface area contributed by atoms with Crippen LogP contribution in [0.15, 0.2) is 279 Å². The number of nitriles is 1. The van der Waals surface area contributed by atoms with E-state index in [-0.39, 0.29) is 55.2 Å². The molecule has 0 aliphatic carbocycles. The lowest BCUT2D eigenvalue weighted by Gasteiger charge is -2.47. The van der Waals surface area contributed by atoms with E-state index in [0.29, 0.717) is 66.9 Å². The van der Waals surface area contributed by atoms with E-state index in [9.17, 15) is 33.8 Å². The highest BCUT2D eigenvalue weighted by Gasteiger charge is 2.49. The Balaban J connectivity index is 1.19. The maximum absolute atomic E-state index is 12.9. The number of fused-ring (bicyclic) bond motifs is 10. The van der Waals surface area contributed by atoms with Crippen molar-refractivity contribution in [3.8, 4) is 62.0 Å². The molecule has 0 saturated carbocycles. The highest BCUT2D eigenvalue weighted by Crippen LogP contribution is 2.56. The van der Waals surface area contributed by atoms with Crippen LogP contribution >= 0.6 is 0 Å². The number of hydrogen-bond donors (Lipinski definition) is 0. The molecule has 0 N–H and O–H groups in total. The van der Waals surface area contributed by atoms with Crippen LogP contribution in [0, 0.1) is 17.9 Å². The molecule has 0 radical (unpaired) electrons. The number of anilines is 6. The molecule has 6 nitrogen and oxygen atoms in total. The number of benzene rings is 13. The summed E-state index contributed by atoms with van der Waals surface area (Å²) in [5.74, 6) is 0. The predicted molar refractivity (Wildman–Crippen MR) is 418 cm³/mol. The van der Waals surface area contributed by atoms with Gasteiger partial charge in [-0.15, -0.1) is 0 Å². The fraction of sp³-hybridized carbons (Fsp3) is 0.130. The van der Waals surface area contributed by atoms with E-state index < -0.39 is 188 Å². The van der Waals surface area contributed by atoms with Crippen molar-refractivity contribution >= 4 is 107 Å². The van der Waals surface area contributed by atoms with E-state index >= 15 is 0 Å². The highest BCUT2D eigenvalue weighted by molar-refractivity contribution is 7.01. The Hall–Kier alpha value is -11.9. The van der Waals surface area contributed by atoms with E-state index in [2.05, 4.69) is 76.7 Å². The van der Waals surface area contributed by atoms with Crippen molar-refractivity contribution < 1.29 is 27.4 Å². The molecule has 2 aliphatic rings. The van der Waals surface area contributed by atoms with Gasteiger partial charge in [-0.1, -0.05) is 256 Å². The molecule has 7 heteroatoms. The van der Waals surface area contributed by atoms with E-state index in [0.717, 1.165) is 20.3 Å². The first-order chi connectivity index (χ1) is 56.3. The van der Waals surface area contributed by atoms with Crippen LogP contribution in [0.1, 0.15) is 112 Å². The minimum atomic E-state index is -1.68. The predicted octanol–water partition coefficient (Wildman–Crippen LogP) is 22.9. The van der Waals surface area contributed by atoms with Gasteiger partial charge in [0.05, 0.1) is 79.1 Å². The molecule has 2 aromatic heterocycles. The van der Waals surface area contributed by atoms with E-state index in [1.807, 2.05) is 164 Å². The van der Waals surface area contributed by atoms with Gasteiger partial charge >= 0.3 is 0 Å². The van der Waals surface area contributed by atoms with Gasteiger partial charge in [0.2, 0.25) is 6.71 Å². The van der Waals surface area contributed by atoms with Crippen molar-refractivity contribution in [3.05, 3.63) is 312 Å². The monoisotopic (exact) mass is 1290 g/mol. The minimum Gasteiger partial charge on any atom is -0.311 e. The standard InChI is InChI=1S/C92H73BN6/c1-90(2,3)63-48-72(58-31-15-11-16-32-58)88(73(49-63)59-33-17-12-18-34-59)98-81-52-65(92(7,8)9)53-82-87(81)93(85-62(57-94)47-66(55-83(85)98)96-77-43-27-23-39-68(77)69-40-24-28-44-78(69)96)86-76(95-10)54-67(97-79-45-29-25-41-70(79)71-42-26-30-46-80(71)97)56-84(86)99(82)89-74(60-35-19-13-20-36-60)50-64(91(4,5)6)51-75(89)61-37-21-14-22-38-61/h11-56H,1-9H3/i23D,24D,25D,26D,27D,28D,29D,30D,39D,40D,41D,42D,43D,44D,45D,46D,47D,54D,55D,56D. The normalized spacial score (nSPS) is 15.6. The summed E-state index contributed by atoms with van der Waals surface area (Å²) in [5, 5.41) is 11.4. The summed E-state index contributed by atoms with van der Waals surface area (Å²) in [5.41, 5.74) is 2.18. The third kappa shape index (κ3) is 9.74. The summed E-state index contributed by atoms with van der Waals surface area (Å²) in [7, 11) is 0. The molecule has 0 saturated heterocycles. The summed E-state index contributed by atoms with van der Waals surface area (Å²) >= 11 is 0. The molecule has 0 atom stereocenters. The Kier molecular flexibility index (Phi) is 9.85. The zero-order valence-corrected chi connectivity index (χ0v) is 55.8. The molecule has 0 fully saturated rings. The van der Waals surface area contributed by atoms with Crippen molar-refractivity contribution in [1.82, 2.24) is 9.13 Å². The first-order valence-corrected chi connectivity index (χ1v) is 32.8. The zero-order chi connectivity index (χ0) is 85.2. The van der Waals surface area contributed by atoms with Gasteiger partial charge in [0.15, 0.2) is 5.69 Å². The Bertz CT molecular complexity index is 6450. The summed E-state index contributed by atoms with van der Waals surface area (Å²) < 4.78 is 200. The Morgan fingerprint density at radius 3 is 1.02 bits per heavy atom. The molecule has 99 heavy (non-hydrogen) atoms. The van der Waals surface area contributed by atoms with Gasteiger partial charge in [-0.3, -0.25) is 0 Å². The molecule has 15 aromatic rings. The maximum Gasteiger partial charge on any atom is 0.243 e. The number of aromatic nitrogens is 2.